The standard InChI is InChI=1S/C49H86O6/c1-4-7-10-13-16-19-22-24-25-26-28-30-33-36-39-42-48(51)54-45-46(44-53-47(50)41-38-35-32-29-21-18-15-12-9-6-3)55-49(52)43-40-37-34-31-27-23-20-17-14-11-8-5-2/h7,10,13,16,19,22,24-25,46H,4-6,8-9,11-12,14-15,17-18,20-21,23,26-45H2,1-3H3/b10-7-,16-13-,22-19-,25-24-. The van der Waals surface area contributed by atoms with Gasteiger partial charge < -0.3 is 14.2 Å². The number of allylic oxidation sites excluding steroid dienone is 8. The van der Waals surface area contributed by atoms with Gasteiger partial charge in [-0.25, -0.2) is 0 Å². The molecule has 1 atom stereocenters. The first-order valence-electron chi connectivity index (χ1n) is 23.2. The monoisotopic (exact) mass is 771 g/mol. The lowest BCUT2D eigenvalue weighted by molar-refractivity contribution is -0.167. The van der Waals surface area contributed by atoms with Crippen LogP contribution >= 0.6 is 0 Å². The average Bonchev–Trinajstić information content (AvgIpc) is 3.18. The van der Waals surface area contributed by atoms with Crippen molar-refractivity contribution in [2.45, 2.75) is 232 Å². The quantitative estimate of drug-likeness (QED) is 0.0267. The summed E-state index contributed by atoms with van der Waals surface area (Å²) in [5, 5.41) is 0. The van der Waals surface area contributed by atoms with Crippen LogP contribution in [0, 0.1) is 0 Å². The van der Waals surface area contributed by atoms with Gasteiger partial charge in [-0.2, -0.15) is 0 Å². The molecule has 1 unspecified atom stereocenters. The van der Waals surface area contributed by atoms with Crippen LogP contribution in [0.3, 0.4) is 0 Å². The zero-order valence-corrected chi connectivity index (χ0v) is 36.2. The summed E-state index contributed by atoms with van der Waals surface area (Å²) in [4.78, 5) is 37.7. The van der Waals surface area contributed by atoms with Gasteiger partial charge in [0.25, 0.3) is 0 Å². The summed E-state index contributed by atoms with van der Waals surface area (Å²) in [7, 11) is 0. The van der Waals surface area contributed by atoms with E-state index in [-0.39, 0.29) is 31.1 Å². The Hall–Kier alpha value is -2.63. The maximum absolute atomic E-state index is 12.7. The van der Waals surface area contributed by atoms with Gasteiger partial charge >= 0.3 is 17.9 Å². The molecule has 0 aromatic heterocycles. The molecule has 0 amide bonds. The van der Waals surface area contributed by atoms with E-state index in [2.05, 4.69) is 51.2 Å². The van der Waals surface area contributed by atoms with Crippen molar-refractivity contribution in [2.75, 3.05) is 13.2 Å². The second-order valence-corrected chi connectivity index (χ2v) is 15.4. The van der Waals surface area contributed by atoms with Crippen LogP contribution in [0.5, 0.6) is 0 Å². The maximum atomic E-state index is 12.7. The minimum atomic E-state index is -0.776. The molecule has 0 aromatic carbocycles. The zero-order valence-electron chi connectivity index (χ0n) is 36.2. The van der Waals surface area contributed by atoms with E-state index in [4.69, 9.17) is 14.2 Å². The Kier molecular flexibility index (Phi) is 42.0. The molecular weight excluding hydrogens is 685 g/mol. The van der Waals surface area contributed by atoms with Crippen molar-refractivity contribution in [3.8, 4) is 0 Å². The van der Waals surface area contributed by atoms with Crippen LogP contribution in [-0.2, 0) is 28.6 Å². The number of esters is 3. The molecule has 0 rings (SSSR count). The Morgan fingerprint density at radius 2 is 0.709 bits per heavy atom. The Labute approximate surface area is 339 Å². The first-order valence-corrected chi connectivity index (χ1v) is 23.2. The van der Waals surface area contributed by atoms with Gasteiger partial charge in [-0.3, -0.25) is 14.4 Å². The summed E-state index contributed by atoms with van der Waals surface area (Å²) in [6.45, 7) is 6.46. The fourth-order valence-corrected chi connectivity index (χ4v) is 6.45. The summed E-state index contributed by atoms with van der Waals surface area (Å²) >= 11 is 0. The van der Waals surface area contributed by atoms with Gasteiger partial charge in [-0.05, 0) is 38.5 Å². The molecule has 0 heterocycles. The van der Waals surface area contributed by atoms with Crippen molar-refractivity contribution in [3.05, 3.63) is 48.6 Å². The van der Waals surface area contributed by atoms with E-state index in [0.717, 1.165) is 83.5 Å². The lowest BCUT2D eigenvalue weighted by Gasteiger charge is -2.18. The molecule has 0 spiro atoms. The number of hydrogen-bond donors (Lipinski definition) is 0. The van der Waals surface area contributed by atoms with Crippen molar-refractivity contribution in [3.63, 3.8) is 0 Å². The Bertz CT molecular complexity index is 980. The summed E-state index contributed by atoms with van der Waals surface area (Å²) in [5.74, 6) is -0.901. The predicted molar refractivity (Wildman–Crippen MR) is 233 cm³/mol. The summed E-state index contributed by atoms with van der Waals surface area (Å²) in [5.41, 5.74) is 0. The third kappa shape index (κ3) is 42.4. The van der Waals surface area contributed by atoms with E-state index in [1.807, 2.05) is 18.2 Å². The third-order valence-corrected chi connectivity index (χ3v) is 9.94. The van der Waals surface area contributed by atoms with Crippen molar-refractivity contribution in [2.24, 2.45) is 0 Å². The molecular formula is C49H86O6. The second kappa shape index (κ2) is 44.1. The number of carbonyl (C=O) groups excluding carboxylic acids is 3. The molecule has 55 heavy (non-hydrogen) atoms. The number of unbranched alkanes of at least 4 members (excludes halogenated alkanes) is 25. The number of rotatable bonds is 41. The van der Waals surface area contributed by atoms with Gasteiger partial charge in [0.05, 0.1) is 0 Å². The maximum Gasteiger partial charge on any atom is 0.306 e. The molecule has 6 nitrogen and oxygen atoms in total. The van der Waals surface area contributed by atoms with Crippen molar-refractivity contribution >= 4 is 17.9 Å². The molecule has 0 fully saturated rings. The first-order chi connectivity index (χ1) is 27.0. The minimum Gasteiger partial charge on any atom is -0.462 e. The topological polar surface area (TPSA) is 78.9 Å². The molecule has 0 radical (unpaired) electrons. The van der Waals surface area contributed by atoms with Crippen molar-refractivity contribution in [1.82, 2.24) is 0 Å². The van der Waals surface area contributed by atoms with Gasteiger partial charge in [-0.15, -0.1) is 0 Å². The zero-order chi connectivity index (χ0) is 40.1. The van der Waals surface area contributed by atoms with Gasteiger partial charge in [0.15, 0.2) is 6.10 Å². The molecule has 0 aliphatic rings. The van der Waals surface area contributed by atoms with Crippen LogP contribution in [0.25, 0.3) is 0 Å². The molecule has 0 aliphatic carbocycles. The molecule has 0 aliphatic heterocycles. The summed E-state index contributed by atoms with van der Waals surface area (Å²) < 4.78 is 16.7. The second-order valence-electron chi connectivity index (χ2n) is 15.4. The van der Waals surface area contributed by atoms with Crippen LogP contribution in [-0.4, -0.2) is 37.2 Å². The molecule has 6 heteroatoms. The number of carbonyl (C=O) groups is 3. The predicted octanol–water partition coefficient (Wildman–Crippen LogP) is 14.8. The van der Waals surface area contributed by atoms with Crippen LogP contribution in [0.2, 0.25) is 0 Å². The van der Waals surface area contributed by atoms with E-state index >= 15 is 0 Å². The molecule has 0 bridgehead atoms. The highest BCUT2D eigenvalue weighted by atomic mass is 16.6. The number of hydrogen-bond acceptors (Lipinski definition) is 6. The summed E-state index contributed by atoms with van der Waals surface area (Å²) in [6.07, 6.45) is 50.9. The van der Waals surface area contributed by atoms with E-state index < -0.39 is 6.10 Å². The van der Waals surface area contributed by atoms with Crippen molar-refractivity contribution in [1.29, 1.82) is 0 Å². The largest absolute Gasteiger partial charge is 0.462 e. The highest BCUT2D eigenvalue weighted by molar-refractivity contribution is 5.71. The normalized spacial score (nSPS) is 12.4. The van der Waals surface area contributed by atoms with E-state index in [1.54, 1.807) is 0 Å². The Balaban J connectivity index is 4.39. The van der Waals surface area contributed by atoms with E-state index in [0.29, 0.717) is 19.3 Å². The van der Waals surface area contributed by atoms with Gasteiger partial charge in [0.2, 0.25) is 0 Å². The third-order valence-electron chi connectivity index (χ3n) is 9.94. The first kappa shape index (κ1) is 52.4. The highest BCUT2D eigenvalue weighted by Gasteiger charge is 2.19. The lowest BCUT2D eigenvalue weighted by Crippen LogP contribution is -2.30. The van der Waals surface area contributed by atoms with Crippen molar-refractivity contribution < 1.29 is 28.6 Å². The van der Waals surface area contributed by atoms with E-state index in [1.165, 1.54) is 103 Å². The Morgan fingerprint density at radius 3 is 1.11 bits per heavy atom. The van der Waals surface area contributed by atoms with Gasteiger partial charge in [0.1, 0.15) is 13.2 Å². The van der Waals surface area contributed by atoms with E-state index in [9.17, 15) is 14.4 Å². The molecule has 0 saturated heterocycles. The smallest absolute Gasteiger partial charge is 0.306 e. The van der Waals surface area contributed by atoms with Gasteiger partial charge in [-0.1, -0.05) is 217 Å². The Morgan fingerprint density at radius 1 is 0.382 bits per heavy atom. The van der Waals surface area contributed by atoms with Crippen LogP contribution < -0.4 is 0 Å². The molecule has 0 aromatic rings. The number of ether oxygens (including phenoxy) is 3. The summed E-state index contributed by atoms with van der Waals surface area (Å²) in [6, 6.07) is 0. The fraction of sp³-hybridized carbons (Fsp3) is 0.776. The van der Waals surface area contributed by atoms with Crippen LogP contribution in [0.4, 0.5) is 0 Å². The minimum absolute atomic E-state index is 0.0781. The highest BCUT2D eigenvalue weighted by Crippen LogP contribution is 2.15. The SMILES string of the molecule is CC\C=C/C=C\C=C/C=C\CCCCCCCC(=O)OCC(COC(=O)CCCCCCCCCCCC)OC(=O)CCCCCCCCCCCCCC. The molecule has 318 valence electrons. The average molecular weight is 771 g/mol. The molecule has 0 N–H and O–H groups in total. The lowest BCUT2D eigenvalue weighted by atomic mass is 10.0. The van der Waals surface area contributed by atoms with Gasteiger partial charge in [0, 0.05) is 19.3 Å². The fourth-order valence-electron chi connectivity index (χ4n) is 6.45. The van der Waals surface area contributed by atoms with Crippen LogP contribution in [0.1, 0.15) is 226 Å². The van der Waals surface area contributed by atoms with Crippen LogP contribution in [0.15, 0.2) is 48.6 Å². The molecule has 0 saturated carbocycles.